The van der Waals surface area contributed by atoms with Crippen molar-refractivity contribution in [2.75, 3.05) is 17.2 Å². The summed E-state index contributed by atoms with van der Waals surface area (Å²) in [5.41, 5.74) is 2.77. The topological polar surface area (TPSA) is 93.4 Å². The molecule has 0 aliphatic heterocycles. The first-order chi connectivity index (χ1) is 16.7. The summed E-state index contributed by atoms with van der Waals surface area (Å²) in [7, 11) is 0. The van der Waals surface area contributed by atoms with E-state index in [4.69, 9.17) is 0 Å². The zero-order valence-corrected chi connectivity index (χ0v) is 18.3. The fourth-order valence-corrected chi connectivity index (χ4v) is 3.70. The van der Waals surface area contributed by atoms with Crippen LogP contribution >= 0.6 is 0 Å². The van der Waals surface area contributed by atoms with E-state index in [1.165, 1.54) is 12.4 Å². The van der Waals surface area contributed by atoms with Gasteiger partial charge in [0.25, 0.3) is 0 Å². The van der Waals surface area contributed by atoms with Gasteiger partial charge in [-0.05, 0) is 54.3 Å². The van der Waals surface area contributed by atoms with Crippen molar-refractivity contribution in [1.29, 1.82) is 0 Å². The molecule has 0 spiro atoms. The van der Waals surface area contributed by atoms with Crippen molar-refractivity contribution < 1.29 is 4.39 Å². The van der Waals surface area contributed by atoms with Gasteiger partial charge in [-0.15, -0.1) is 0 Å². The Morgan fingerprint density at radius 1 is 1.09 bits per heavy atom. The lowest BCUT2D eigenvalue weighted by atomic mass is 10.0. The third kappa shape index (κ3) is 5.32. The molecule has 8 nitrogen and oxygen atoms in total. The van der Waals surface area contributed by atoms with Crippen molar-refractivity contribution in [1.82, 2.24) is 29.5 Å². The number of anilines is 3. The Hall–Kier alpha value is -4.40. The first-order valence-electron chi connectivity index (χ1n) is 11.0. The van der Waals surface area contributed by atoms with Crippen LogP contribution in [-0.2, 0) is 6.54 Å². The number of rotatable bonds is 8. The minimum Gasteiger partial charge on any atom is -0.369 e. The first-order valence-corrected chi connectivity index (χ1v) is 11.0. The number of hydrogen-bond acceptors (Lipinski definition) is 7. The van der Waals surface area contributed by atoms with E-state index >= 15 is 0 Å². The van der Waals surface area contributed by atoms with Gasteiger partial charge in [0.15, 0.2) is 5.82 Å². The van der Waals surface area contributed by atoms with E-state index in [0.717, 1.165) is 23.4 Å². The van der Waals surface area contributed by atoms with Crippen LogP contribution in [0.3, 0.4) is 0 Å². The molecule has 1 atom stereocenters. The van der Waals surface area contributed by atoms with Gasteiger partial charge in [-0.2, -0.15) is 4.98 Å². The molecule has 1 unspecified atom stereocenters. The van der Waals surface area contributed by atoms with Gasteiger partial charge in [-0.25, -0.2) is 24.3 Å². The van der Waals surface area contributed by atoms with E-state index in [9.17, 15) is 4.39 Å². The number of aromatic nitrogens is 6. The van der Waals surface area contributed by atoms with Crippen molar-refractivity contribution in [3.8, 4) is 11.4 Å². The number of allylic oxidation sites excluding steroid dienone is 3. The highest BCUT2D eigenvalue weighted by atomic mass is 19.1. The molecule has 0 saturated heterocycles. The smallest absolute Gasteiger partial charge is 0.230 e. The van der Waals surface area contributed by atoms with Crippen LogP contribution < -0.4 is 10.6 Å². The minimum atomic E-state index is -0.188. The number of nitrogens with zero attached hydrogens (tertiary/aromatic N) is 6. The second kappa shape index (κ2) is 10.0. The van der Waals surface area contributed by atoms with Crippen molar-refractivity contribution in [2.45, 2.75) is 13.0 Å². The lowest BCUT2D eigenvalue weighted by Crippen LogP contribution is -2.15. The summed E-state index contributed by atoms with van der Waals surface area (Å²) in [6, 6.07) is 11.8. The van der Waals surface area contributed by atoms with Crippen LogP contribution in [0, 0.1) is 5.92 Å². The molecular formula is C25H23FN8. The number of benzene rings is 1. The maximum atomic E-state index is 13.2. The molecule has 5 rings (SSSR count). The highest BCUT2D eigenvalue weighted by molar-refractivity contribution is 5.70. The Balaban J connectivity index is 1.30. The number of hydrogen-bond donors (Lipinski definition) is 2. The summed E-state index contributed by atoms with van der Waals surface area (Å²) in [5.74, 6) is 1.63. The Morgan fingerprint density at radius 3 is 2.91 bits per heavy atom. The van der Waals surface area contributed by atoms with Gasteiger partial charge >= 0.3 is 0 Å². The summed E-state index contributed by atoms with van der Waals surface area (Å²) in [5, 5.41) is 6.61. The second-order valence-electron chi connectivity index (χ2n) is 7.92. The largest absolute Gasteiger partial charge is 0.369 e. The Bertz CT molecular complexity index is 1320. The van der Waals surface area contributed by atoms with Crippen molar-refractivity contribution in [2.24, 2.45) is 5.92 Å². The third-order valence-electron chi connectivity index (χ3n) is 5.40. The summed E-state index contributed by atoms with van der Waals surface area (Å²) in [6.45, 7) is 1.35. The van der Waals surface area contributed by atoms with E-state index in [2.05, 4.69) is 47.7 Å². The van der Waals surface area contributed by atoms with Crippen molar-refractivity contribution in [3.63, 3.8) is 0 Å². The monoisotopic (exact) mass is 454 g/mol. The summed E-state index contributed by atoms with van der Waals surface area (Å²) in [4.78, 5) is 21.8. The van der Waals surface area contributed by atoms with Crippen LogP contribution in [0.4, 0.5) is 21.8 Å². The predicted octanol–water partition coefficient (Wildman–Crippen LogP) is 4.76. The number of nitrogens with one attached hydrogen (secondary N) is 2. The Morgan fingerprint density at radius 2 is 2.06 bits per heavy atom. The molecule has 0 fully saturated rings. The van der Waals surface area contributed by atoms with Crippen LogP contribution in [0.15, 0.2) is 91.7 Å². The lowest BCUT2D eigenvalue weighted by Gasteiger charge is -2.16. The molecule has 1 aromatic carbocycles. The standard InChI is InChI=1S/C25H23FN8/c26-20-8-6-18(7-9-20)14-29-23-22(5-2-10-28-23)24-30-16-31-25(33-24)32-21-4-1-3-19(13-21)15-34-12-11-27-17-34/h1-6,8-13,16-18H,7,14-15H2,(H,28,29)(H,30,31,32,33). The molecule has 0 radical (unpaired) electrons. The van der Waals surface area contributed by atoms with Gasteiger partial charge in [-0.1, -0.05) is 18.2 Å². The van der Waals surface area contributed by atoms with Gasteiger partial charge in [0.05, 0.1) is 11.9 Å². The molecule has 0 saturated carbocycles. The maximum Gasteiger partial charge on any atom is 0.230 e. The van der Waals surface area contributed by atoms with Gasteiger partial charge in [-0.3, -0.25) is 0 Å². The maximum absolute atomic E-state index is 13.2. The van der Waals surface area contributed by atoms with Crippen molar-refractivity contribution >= 4 is 17.5 Å². The lowest BCUT2D eigenvalue weighted by molar-refractivity contribution is 0.613. The summed E-state index contributed by atoms with van der Waals surface area (Å²) >= 11 is 0. The quantitative estimate of drug-likeness (QED) is 0.396. The average molecular weight is 455 g/mol. The SMILES string of the molecule is FC1=CCC(CNc2ncccc2-c2ncnc(Nc3cccc(Cn4ccnc4)c3)n2)C=C1. The number of pyridine rings is 1. The molecule has 0 bridgehead atoms. The zero-order valence-electron chi connectivity index (χ0n) is 18.3. The Kier molecular flexibility index (Phi) is 6.33. The van der Waals surface area contributed by atoms with Gasteiger partial charge in [0, 0.05) is 37.4 Å². The molecule has 3 aromatic heterocycles. The minimum absolute atomic E-state index is 0.188. The van der Waals surface area contributed by atoms with Crippen LogP contribution in [0.1, 0.15) is 12.0 Å². The van der Waals surface area contributed by atoms with Crippen molar-refractivity contribution in [3.05, 3.63) is 97.3 Å². The fraction of sp³-hybridized carbons (Fsp3) is 0.160. The fourth-order valence-electron chi connectivity index (χ4n) is 3.70. The highest BCUT2D eigenvalue weighted by Gasteiger charge is 2.13. The number of halogens is 1. The summed E-state index contributed by atoms with van der Waals surface area (Å²) in [6.07, 6.45) is 14.3. The van der Waals surface area contributed by atoms with E-state index in [1.54, 1.807) is 24.8 Å². The van der Waals surface area contributed by atoms with Crippen LogP contribution in [-0.4, -0.2) is 36.0 Å². The molecule has 1 aliphatic rings. The zero-order chi connectivity index (χ0) is 23.2. The van der Waals surface area contributed by atoms with Gasteiger partial charge < -0.3 is 15.2 Å². The molecule has 34 heavy (non-hydrogen) atoms. The number of imidazole rings is 1. The summed E-state index contributed by atoms with van der Waals surface area (Å²) < 4.78 is 15.2. The molecule has 0 amide bonds. The van der Waals surface area contributed by atoms with Gasteiger partial charge in [0.2, 0.25) is 5.95 Å². The van der Waals surface area contributed by atoms with Crippen LogP contribution in [0.2, 0.25) is 0 Å². The first kappa shape index (κ1) is 21.4. The highest BCUT2D eigenvalue weighted by Crippen LogP contribution is 2.25. The Labute approximate surface area is 196 Å². The average Bonchev–Trinajstić information content (AvgIpc) is 3.37. The van der Waals surface area contributed by atoms with E-state index < -0.39 is 0 Å². The molecule has 4 aromatic rings. The molecule has 9 heteroatoms. The molecule has 170 valence electrons. The normalized spacial score (nSPS) is 15.1. The predicted molar refractivity (Wildman–Crippen MR) is 129 cm³/mol. The molecule has 2 N–H and O–H groups in total. The third-order valence-corrected chi connectivity index (χ3v) is 5.40. The molecule has 3 heterocycles. The van der Waals surface area contributed by atoms with E-state index in [0.29, 0.717) is 30.6 Å². The van der Waals surface area contributed by atoms with E-state index in [1.807, 2.05) is 41.1 Å². The second-order valence-corrected chi connectivity index (χ2v) is 7.92. The molecule has 1 aliphatic carbocycles. The van der Waals surface area contributed by atoms with Crippen LogP contribution in [0.5, 0.6) is 0 Å². The van der Waals surface area contributed by atoms with E-state index in [-0.39, 0.29) is 11.7 Å². The van der Waals surface area contributed by atoms with Gasteiger partial charge in [0.1, 0.15) is 18.0 Å². The van der Waals surface area contributed by atoms with Crippen LogP contribution in [0.25, 0.3) is 11.4 Å². The molecular weight excluding hydrogens is 431 g/mol.